The maximum Gasteiger partial charge on any atom is 0.252 e. The van der Waals surface area contributed by atoms with Crippen LogP contribution in [0, 0.1) is 0 Å². The van der Waals surface area contributed by atoms with Crippen LogP contribution in [0.1, 0.15) is 29.3 Å². The molecule has 0 aliphatic heterocycles. The minimum Gasteiger partial charge on any atom is -0.496 e. The van der Waals surface area contributed by atoms with Gasteiger partial charge in [-0.1, -0.05) is 36.7 Å². The van der Waals surface area contributed by atoms with Gasteiger partial charge in [0, 0.05) is 23.9 Å². The van der Waals surface area contributed by atoms with E-state index in [1.165, 1.54) is 6.08 Å². The quantitative estimate of drug-likeness (QED) is 0.718. The maximum absolute atomic E-state index is 12.1. The Morgan fingerprint density at radius 2 is 1.96 bits per heavy atom. The highest BCUT2D eigenvalue weighted by molar-refractivity contribution is 6.34. The number of methoxy groups -OCH3 is 1. The standard InChI is InChI=1S/C20H21ClN2O3/c1-3-12-22-20(25)16-10-9-15(13-17(16)21)23-19(24)11-8-14-6-4-5-7-18(14)26-2/h4-11,13H,3,12H2,1-2H3,(H,22,25)(H,23,24)/b11-8+. The van der Waals surface area contributed by atoms with Crippen LogP contribution in [-0.4, -0.2) is 25.5 Å². The molecule has 0 spiro atoms. The van der Waals surface area contributed by atoms with Crippen LogP contribution in [0.2, 0.25) is 5.02 Å². The zero-order valence-electron chi connectivity index (χ0n) is 14.7. The summed E-state index contributed by atoms with van der Waals surface area (Å²) in [4.78, 5) is 24.1. The van der Waals surface area contributed by atoms with Gasteiger partial charge in [0.05, 0.1) is 17.7 Å². The largest absolute Gasteiger partial charge is 0.496 e. The third-order valence-corrected chi connectivity index (χ3v) is 3.88. The van der Waals surface area contributed by atoms with E-state index in [1.807, 2.05) is 31.2 Å². The van der Waals surface area contributed by atoms with E-state index in [4.69, 9.17) is 16.3 Å². The number of benzene rings is 2. The molecular weight excluding hydrogens is 352 g/mol. The van der Waals surface area contributed by atoms with Crippen molar-refractivity contribution in [1.82, 2.24) is 5.32 Å². The summed E-state index contributed by atoms with van der Waals surface area (Å²) >= 11 is 6.15. The molecule has 2 aromatic rings. The molecule has 0 atom stereocenters. The Kier molecular flexibility index (Phi) is 7.24. The lowest BCUT2D eigenvalue weighted by Gasteiger charge is -2.08. The van der Waals surface area contributed by atoms with Crippen LogP contribution < -0.4 is 15.4 Å². The number of halogens is 1. The van der Waals surface area contributed by atoms with Gasteiger partial charge in [-0.25, -0.2) is 0 Å². The van der Waals surface area contributed by atoms with E-state index in [0.29, 0.717) is 23.5 Å². The molecule has 0 heterocycles. The van der Waals surface area contributed by atoms with Crippen molar-refractivity contribution in [2.24, 2.45) is 0 Å². The van der Waals surface area contributed by atoms with E-state index in [1.54, 1.807) is 31.4 Å². The van der Waals surface area contributed by atoms with Gasteiger partial charge in [-0.2, -0.15) is 0 Å². The molecule has 2 aromatic carbocycles. The smallest absolute Gasteiger partial charge is 0.252 e. The number of nitrogens with one attached hydrogen (secondary N) is 2. The van der Waals surface area contributed by atoms with E-state index in [-0.39, 0.29) is 16.8 Å². The average molecular weight is 373 g/mol. The maximum atomic E-state index is 12.1. The van der Waals surface area contributed by atoms with E-state index in [2.05, 4.69) is 10.6 Å². The Balaban J connectivity index is 2.04. The number of ether oxygens (including phenoxy) is 1. The third kappa shape index (κ3) is 5.36. The first-order valence-electron chi connectivity index (χ1n) is 8.25. The molecule has 6 heteroatoms. The van der Waals surface area contributed by atoms with Gasteiger partial charge in [-0.05, 0) is 36.8 Å². The van der Waals surface area contributed by atoms with E-state index in [0.717, 1.165) is 12.0 Å². The molecule has 2 rings (SSSR count). The average Bonchev–Trinajstić information content (AvgIpc) is 2.64. The summed E-state index contributed by atoms with van der Waals surface area (Å²) in [6.45, 7) is 2.56. The Bertz CT molecular complexity index is 818. The molecule has 5 nitrogen and oxygen atoms in total. The number of hydrogen-bond acceptors (Lipinski definition) is 3. The second-order valence-electron chi connectivity index (χ2n) is 5.52. The second kappa shape index (κ2) is 9.63. The summed E-state index contributed by atoms with van der Waals surface area (Å²) in [5, 5.41) is 5.76. The fraction of sp³-hybridized carbons (Fsp3) is 0.200. The molecule has 0 radical (unpaired) electrons. The Morgan fingerprint density at radius 3 is 2.65 bits per heavy atom. The van der Waals surface area contributed by atoms with Crippen molar-refractivity contribution in [3.05, 3.63) is 64.7 Å². The van der Waals surface area contributed by atoms with Gasteiger partial charge in [-0.3, -0.25) is 9.59 Å². The SMILES string of the molecule is CCCNC(=O)c1ccc(NC(=O)/C=C/c2ccccc2OC)cc1Cl. The lowest BCUT2D eigenvalue weighted by Crippen LogP contribution is -2.24. The molecule has 0 aliphatic carbocycles. The molecule has 0 bridgehead atoms. The first kappa shape index (κ1) is 19.5. The lowest BCUT2D eigenvalue weighted by atomic mass is 10.1. The predicted molar refractivity (Wildman–Crippen MR) is 105 cm³/mol. The van der Waals surface area contributed by atoms with Gasteiger partial charge in [0.15, 0.2) is 0 Å². The van der Waals surface area contributed by atoms with Gasteiger partial charge >= 0.3 is 0 Å². The van der Waals surface area contributed by atoms with Crippen LogP contribution in [0.4, 0.5) is 5.69 Å². The van der Waals surface area contributed by atoms with E-state index in [9.17, 15) is 9.59 Å². The second-order valence-corrected chi connectivity index (χ2v) is 5.92. The number of para-hydroxylation sites is 1. The number of rotatable bonds is 7. The van der Waals surface area contributed by atoms with Crippen molar-refractivity contribution in [3.63, 3.8) is 0 Å². The fourth-order valence-electron chi connectivity index (χ4n) is 2.26. The first-order valence-corrected chi connectivity index (χ1v) is 8.62. The highest BCUT2D eigenvalue weighted by Crippen LogP contribution is 2.22. The van der Waals surface area contributed by atoms with Gasteiger partial charge < -0.3 is 15.4 Å². The van der Waals surface area contributed by atoms with Crippen molar-refractivity contribution in [1.29, 1.82) is 0 Å². The number of hydrogen-bond donors (Lipinski definition) is 2. The summed E-state index contributed by atoms with van der Waals surface area (Å²) in [5.41, 5.74) is 1.69. The van der Waals surface area contributed by atoms with Crippen molar-refractivity contribution in [2.75, 3.05) is 19.0 Å². The molecule has 0 aromatic heterocycles. The zero-order chi connectivity index (χ0) is 18.9. The highest BCUT2D eigenvalue weighted by Gasteiger charge is 2.10. The summed E-state index contributed by atoms with van der Waals surface area (Å²) in [7, 11) is 1.58. The fourth-order valence-corrected chi connectivity index (χ4v) is 2.53. The zero-order valence-corrected chi connectivity index (χ0v) is 15.5. The predicted octanol–water partition coefficient (Wildman–Crippen LogP) is 4.14. The molecule has 0 saturated carbocycles. The molecule has 0 fully saturated rings. The number of anilines is 1. The molecule has 136 valence electrons. The van der Waals surface area contributed by atoms with Crippen LogP contribution >= 0.6 is 11.6 Å². The van der Waals surface area contributed by atoms with Gasteiger partial charge in [0.1, 0.15) is 5.75 Å². The lowest BCUT2D eigenvalue weighted by molar-refractivity contribution is -0.111. The molecule has 2 amide bonds. The molecule has 0 saturated heterocycles. The van der Waals surface area contributed by atoms with Crippen molar-refractivity contribution in [3.8, 4) is 5.75 Å². The van der Waals surface area contributed by atoms with Gasteiger partial charge in [0.25, 0.3) is 5.91 Å². The van der Waals surface area contributed by atoms with Gasteiger partial charge in [-0.15, -0.1) is 0 Å². The van der Waals surface area contributed by atoms with Crippen LogP contribution in [0.5, 0.6) is 5.75 Å². The van der Waals surface area contributed by atoms with Crippen LogP contribution in [-0.2, 0) is 4.79 Å². The first-order chi connectivity index (χ1) is 12.5. The number of amides is 2. The van der Waals surface area contributed by atoms with Crippen LogP contribution in [0.25, 0.3) is 6.08 Å². The summed E-state index contributed by atoms with van der Waals surface area (Å²) in [5.74, 6) is 0.142. The Morgan fingerprint density at radius 1 is 1.19 bits per heavy atom. The molecule has 26 heavy (non-hydrogen) atoms. The number of carbonyl (C=O) groups excluding carboxylic acids is 2. The molecule has 2 N–H and O–H groups in total. The molecular formula is C20H21ClN2O3. The van der Waals surface area contributed by atoms with Crippen molar-refractivity contribution in [2.45, 2.75) is 13.3 Å². The van der Waals surface area contributed by atoms with Gasteiger partial charge in [0.2, 0.25) is 5.91 Å². The van der Waals surface area contributed by atoms with E-state index >= 15 is 0 Å². The van der Waals surface area contributed by atoms with Crippen molar-refractivity contribution < 1.29 is 14.3 Å². The van der Waals surface area contributed by atoms with E-state index < -0.39 is 0 Å². The minimum absolute atomic E-state index is 0.231. The minimum atomic E-state index is -0.310. The Hall–Kier alpha value is -2.79. The summed E-state index contributed by atoms with van der Waals surface area (Å²) in [6, 6.07) is 12.2. The molecule has 0 unspecified atom stereocenters. The molecule has 0 aliphatic rings. The Labute approximate surface area is 158 Å². The van der Waals surface area contributed by atoms with Crippen molar-refractivity contribution >= 4 is 35.2 Å². The monoisotopic (exact) mass is 372 g/mol. The topological polar surface area (TPSA) is 67.4 Å². The normalized spacial score (nSPS) is 10.6. The third-order valence-electron chi connectivity index (χ3n) is 3.57. The van der Waals surface area contributed by atoms with Crippen LogP contribution in [0.15, 0.2) is 48.5 Å². The summed E-state index contributed by atoms with van der Waals surface area (Å²) in [6.07, 6.45) is 3.92. The van der Waals surface area contributed by atoms with Crippen LogP contribution in [0.3, 0.4) is 0 Å². The summed E-state index contributed by atoms with van der Waals surface area (Å²) < 4.78 is 5.24. The number of carbonyl (C=O) groups is 2. The highest BCUT2D eigenvalue weighted by atomic mass is 35.5.